The molecule has 2 rings (SSSR count). The molecule has 1 amide bonds. The van der Waals surface area contributed by atoms with Gasteiger partial charge < -0.3 is 16.0 Å². The Labute approximate surface area is 115 Å². The first-order chi connectivity index (χ1) is 9.11. The van der Waals surface area contributed by atoms with Crippen LogP contribution in [0.2, 0.25) is 0 Å². The quantitative estimate of drug-likeness (QED) is 0.871. The van der Waals surface area contributed by atoms with E-state index in [0.29, 0.717) is 11.6 Å². The summed E-state index contributed by atoms with van der Waals surface area (Å²) in [5.74, 6) is -0.359. The number of carbonyl (C=O) groups excluding carboxylic acids is 1. The minimum Gasteiger partial charge on any atom is -0.382 e. The zero-order valence-corrected chi connectivity index (χ0v) is 11.8. The van der Waals surface area contributed by atoms with E-state index in [9.17, 15) is 4.79 Å². The van der Waals surface area contributed by atoms with Gasteiger partial charge >= 0.3 is 0 Å². The Morgan fingerprint density at radius 1 is 1.42 bits per heavy atom. The number of primary amides is 1. The minimum absolute atomic E-state index is 0.359. The molecule has 1 saturated heterocycles. The van der Waals surface area contributed by atoms with Gasteiger partial charge in [0.05, 0.1) is 0 Å². The zero-order chi connectivity index (χ0) is 13.8. The Balaban J connectivity index is 2.04. The number of rotatable bonds is 4. The minimum atomic E-state index is -0.359. The van der Waals surface area contributed by atoms with Crippen LogP contribution >= 0.6 is 0 Å². The molecule has 4 heteroatoms. The second kappa shape index (κ2) is 6.06. The van der Waals surface area contributed by atoms with Gasteiger partial charge in [0.25, 0.3) is 0 Å². The fourth-order valence-corrected chi connectivity index (χ4v) is 2.67. The van der Waals surface area contributed by atoms with Crippen molar-refractivity contribution in [2.24, 2.45) is 5.73 Å². The van der Waals surface area contributed by atoms with Crippen molar-refractivity contribution < 1.29 is 4.79 Å². The molecule has 0 atom stereocenters. The number of likely N-dealkylation sites (tertiary alicyclic amines) is 1. The number of carbonyl (C=O) groups is 1. The maximum absolute atomic E-state index is 11.3. The average molecular weight is 261 g/mol. The third kappa shape index (κ3) is 3.26. The van der Waals surface area contributed by atoms with Gasteiger partial charge in [-0.3, -0.25) is 4.79 Å². The van der Waals surface area contributed by atoms with Crippen LogP contribution in [0.1, 0.15) is 35.7 Å². The van der Waals surface area contributed by atoms with Crippen LogP contribution in [-0.2, 0) is 0 Å². The van der Waals surface area contributed by atoms with Crippen LogP contribution in [0.15, 0.2) is 18.2 Å². The fourth-order valence-electron chi connectivity index (χ4n) is 2.67. The topological polar surface area (TPSA) is 58.4 Å². The maximum Gasteiger partial charge on any atom is 0.249 e. The Kier molecular flexibility index (Phi) is 4.43. The summed E-state index contributed by atoms with van der Waals surface area (Å²) in [4.78, 5) is 13.8. The second-order valence-electron chi connectivity index (χ2n) is 5.20. The normalized spacial score (nSPS) is 17.4. The molecular weight excluding hydrogens is 238 g/mol. The van der Waals surface area contributed by atoms with Crippen LogP contribution in [0.25, 0.3) is 0 Å². The number of anilines is 1. The van der Waals surface area contributed by atoms with Crippen LogP contribution in [0.3, 0.4) is 0 Å². The van der Waals surface area contributed by atoms with E-state index in [1.807, 2.05) is 19.1 Å². The number of hydrogen-bond donors (Lipinski definition) is 2. The van der Waals surface area contributed by atoms with Crippen LogP contribution in [0.5, 0.6) is 0 Å². The van der Waals surface area contributed by atoms with E-state index in [2.05, 4.69) is 17.1 Å². The summed E-state index contributed by atoms with van der Waals surface area (Å²) in [5.41, 5.74) is 7.97. The van der Waals surface area contributed by atoms with Crippen molar-refractivity contribution >= 4 is 11.6 Å². The summed E-state index contributed by atoms with van der Waals surface area (Å²) in [7, 11) is 0. The van der Waals surface area contributed by atoms with E-state index in [-0.39, 0.29) is 5.91 Å². The Morgan fingerprint density at radius 2 is 2.11 bits per heavy atom. The van der Waals surface area contributed by atoms with Gasteiger partial charge in [-0.15, -0.1) is 0 Å². The molecule has 4 nitrogen and oxygen atoms in total. The van der Waals surface area contributed by atoms with Gasteiger partial charge in [-0.25, -0.2) is 0 Å². The molecule has 0 aromatic heterocycles. The van der Waals surface area contributed by atoms with Crippen molar-refractivity contribution in [2.45, 2.75) is 32.7 Å². The van der Waals surface area contributed by atoms with Gasteiger partial charge in [-0.2, -0.15) is 0 Å². The van der Waals surface area contributed by atoms with Crippen molar-refractivity contribution in [3.63, 3.8) is 0 Å². The lowest BCUT2D eigenvalue weighted by atomic mass is 10.0. The highest BCUT2D eigenvalue weighted by Crippen LogP contribution is 2.22. The highest BCUT2D eigenvalue weighted by Gasteiger charge is 2.19. The molecule has 0 saturated carbocycles. The first-order valence-electron chi connectivity index (χ1n) is 7.00. The molecule has 0 aliphatic carbocycles. The highest BCUT2D eigenvalue weighted by atomic mass is 16.1. The molecule has 0 spiro atoms. The average Bonchev–Trinajstić information content (AvgIpc) is 2.41. The number of nitrogens with zero attached hydrogens (tertiary/aromatic N) is 1. The number of amides is 1. The number of hydrogen-bond acceptors (Lipinski definition) is 3. The first kappa shape index (κ1) is 13.9. The van der Waals surface area contributed by atoms with E-state index < -0.39 is 0 Å². The largest absolute Gasteiger partial charge is 0.382 e. The lowest BCUT2D eigenvalue weighted by Crippen LogP contribution is -2.39. The lowest BCUT2D eigenvalue weighted by molar-refractivity contribution is 0.0999. The van der Waals surface area contributed by atoms with Crippen molar-refractivity contribution in [1.29, 1.82) is 0 Å². The van der Waals surface area contributed by atoms with E-state index in [1.165, 1.54) is 0 Å². The molecule has 0 unspecified atom stereocenters. The summed E-state index contributed by atoms with van der Waals surface area (Å²) < 4.78 is 0. The van der Waals surface area contributed by atoms with Gasteiger partial charge in [0, 0.05) is 30.4 Å². The van der Waals surface area contributed by atoms with Crippen molar-refractivity contribution in [2.75, 3.05) is 25.0 Å². The SMILES string of the molecule is CCN1CCC(Nc2cccc(C(N)=O)c2C)CC1. The van der Waals surface area contributed by atoms with Crippen LogP contribution in [0, 0.1) is 6.92 Å². The Morgan fingerprint density at radius 3 is 2.68 bits per heavy atom. The predicted octanol–water partition coefficient (Wildman–Crippen LogP) is 1.99. The number of piperidine rings is 1. The zero-order valence-electron chi connectivity index (χ0n) is 11.8. The smallest absolute Gasteiger partial charge is 0.249 e. The van der Waals surface area contributed by atoms with Gasteiger partial charge in [-0.1, -0.05) is 13.0 Å². The number of benzene rings is 1. The molecule has 1 fully saturated rings. The van der Waals surface area contributed by atoms with E-state index in [1.54, 1.807) is 6.07 Å². The summed E-state index contributed by atoms with van der Waals surface area (Å²) >= 11 is 0. The summed E-state index contributed by atoms with van der Waals surface area (Å²) in [6.07, 6.45) is 2.29. The summed E-state index contributed by atoms with van der Waals surface area (Å²) in [6, 6.07) is 6.18. The summed E-state index contributed by atoms with van der Waals surface area (Å²) in [6.45, 7) is 7.56. The Hall–Kier alpha value is -1.55. The van der Waals surface area contributed by atoms with Crippen LogP contribution in [0.4, 0.5) is 5.69 Å². The molecule has 1 aliphatic rings. The first-order valence-corrected chi connectivity index (χ1v) is 7.00. The third-order valence-electron chi connectivity index (χ3n) is 3.99. The number of nitrogens with two attached hydrogens (primary N) is 1. The molecule has 1 aliphatic heterocycles. The Bertz CT molecular complexity index is 451. The molecule has 1 aromatic rings. The summed E-state index contributed by atoms with van der Waals surface area (Å²) in [5, 5.41) is 3.55. The third-order valence-corrected chi connectivity index (χ3v) is 3.99. The maximum atomic E-state index is 11.3. The highest BCUT2D eigenvalue weighted by molar-refractivity contribution is 5.95. The van der Waals surface area contributed by atoms with Crippen molar-refractivity contribution in [3.05, 3.63) is 29.3 Å². The molecule has 104 valence electrons. The van der Waals surface area contributed by atoms with E-state index >= 15 is 0 Å². The van der Waals surface area contributed by atoms with Gasteiger partial charge in [-0.05, 0) is 44.0 Å². The van der Waals surface area contributed by atoms with Crippen LogP contribution < -0.4 is 11.1 Å². The molecule has 0 bridgehead atoms. The standard InChI is InChI=1S/C15H23N3O/c1-3-18-9-7-12(8-10-18)17-14-6-4-5-13(11(14)2)15(16)19/h4-6,12,17H,3,7-10H2,1-2H3,(H2,16,19). The molecule has 1 aromatic carbocycles. The number of nitrogens with one attached hydrogen (secondary N) is 1. The lowest BCUT2D eigenvalue weighted by Gasteiger charge is -2.32. The second-order valence-corrected chi connectivity index (χ2v) is 5.20. The van der Waals surface area contributed by atoms with Gasteiger partial charge in [0.1, 0.15) is 0 Å². The predicted molar refractivity (Wildman–Crippen MR) is 78.5 cm³/mol. The van der Waals surface area contributed by atoms with Crippen molar-refractivity contribution in [1.82, 2.24) is 4.90 Å². The molecule has 3 N–H and O–H groups in total. The molecule has 19 heavy (non-hydrogen) atoms. The molecule has 1 heterocycles. The van der Waals surface area contributed by atoms with E-state index in [4.69, 9.17) is 5.73 Å². The van der Waals surface area contributed by atoms with Crippen molar-refractivity contribution in [3.8, 4) is 0 Å². The van der Waals surface area contributed by atoms with Crippen LogP contribution in [-0.4, -0.2) is 36.5 Å². The molecular formula is C15H23N3O. The monoisotopic (exact) mass is 261 g/mol. The fraction of sp³-hybridized carbons (Fsp3) is 0.533. The van der Waals surface area contributed by atoms with Gasteiger partial charge in [0.2, 0.25) is 5.91 Å². The van der Waals surface area contributed by atoms with Gasteiger partial charge in [0.15, 0.2) is 0 Å². The molecule has 0 radical (unpaired) electrons. The van der Waals surface area contributed by atoms with E-state index in [0.717, 1.165) is 43.7 Å².